The Morgan fingerprint density at radius 2 is 1.80 bits per heavy atom. The van der Waals surface area contributed by atoms with Crippen LogP contribution in [0.5, 0.6) is 0 Å². The van der Waals surface area contributed by atoms with Crippen LogP contribution < -0.4 is 5.73 Å². The summed E-state index contributed by atoms with van der Waals surface area (Å²) in [5.74, 6) is -0.534. The minimum atomic E-state index is -4.02. The van der Waals surface area contributed by atoms with Gasteiger partial charge in [0.1, 0.15) is 0 Å². The van der Waals surface area contributed by atoms with Gasteiger partial charge in [-0.3, -0.25) is 15.2 Å². The van der Waals surface area contributed by atoms with Gasteiger partial charge in [0, 0.05) is 10.0 Å². The van der Waals surface area contributed by atoms with Crippen LogP contribution in [0, 0.1) is 12.3 Å². The summed E-state index contributed by atoms with van der Waals surface area (Å²) in [4.78, 5) is -0.0666. The van der Waals surface area contributed by atoms with Gasteiger partial charge in [-0.05, 0) is 25.1 Å². The normalized spacial score (nSPS) is 10.9. The fourth-order valence-electron chi connectivity index (χ4n) is 1.47. The zero-order chi connectivity index (χ0) is 19.0. The van der Waals surface area contributed by atoms with Gasteiger partial charge in [-0.15, -0.1) is 5.17 Å². The Hall–Kier alpha value is -2.27. The Bertz CT molecular complexity index is 854. The van der Waals surface area contributed by atoms with Crippen molar-refractivity contribution in [1.82, 2.24) is 5.17 Å². The molecular weight excluding hydrogens is 412 g/mol. The molecule has 2 aromatic rings. The summed E-state index contributed by atoms with van der Waals surface area (Å²) in [6.45, 7) is 1.84. The molecule has 5 N–H and O–H groups in total. The van der Waals surface area contributed by atoms with Crippen LogP contribution in [0.15, 0.2) is 63.0 Å². The molecule has 0 aliphatic heterocycles. The first kappa shape index (κ1) is 20.8. The van der Waals surface area contributed by atoms with Crippen LogP contribution in [0.3, 0.4) is 0 Å². The summed E-state index contributed by atoms with van der Waals surface area (Å²) in [6, 6.07) is 13.3. The molecule has 0 aliphatic carbocycles. The highest BCUT2D eigenvalue weighted by Gasteiger charge is 2.06. The van der Waals surface area contributed by atoms with Gasteiger partial charge in [-0.25, -0.2) is 0 Å². The average Bonchev–Trinajstić information content (AvgIpc) is 2.54. The van der Waals surface area contributed by atoms with Crippen molar-refractivity contribution in [3.05, 3.63) is 64.1 Å². The SMILES string of the molecule is Cc1ccc(S(=O)(=O)O)cc1.N=C(N)N(O)N=Cc1ccccc1Br. The van der Waals surface area contributed by atoms with Crippen molar-refractivity contribution in [2.24, 2.45) is 10.8 Å². The Balaban J connectivity index is 0.000000257. The summed E-state index contributed by atoms with van der Waals surface area (Å²) in [5.41, 5.74) is 6.71. The maximum absolute atomic E-state index is 10.5. The van der Waals surface area contributed by atoms with Crippen LogP contribution in [0.1, 0.15) is 11.1 Å². The topological polar surface area (TPSA) is 140 Å². The van der Waals surface area contributed by atoms with Gasteiger partial charge >= 0.3 is 0 Å². The van der Waals surface area contributed by atoms with Gasteiger partial charge in [-0.2, -0.15) is 13.5 Å². The van der Waals surface area contributed by atoms with Crippen LogP contribution in [0.25, 0.3) is 0 Å². The second-order valence-corrected chi connectivity index (χ2v) is 7.00. The third-order valence-corrected chi connectivity index (χ3v) is 4.34. The first-order valence-corrected chi connectivity index (χ1v) is 9.00. The molecule has 2 aromatic carbocycles. The molecule has 8 nitrogen and oxygen atoms in total. The van der Waals surface area contributed by atoms with E-state index in [1.54, 1.807) is 12.1 Å². The van der Waals surface area contributed by atoms with Crippen molar-refractivity contribution < 1.29 is 18.2 Å². The molecule has 134 valence electrons. The van der Waals surface area contributed by atoms with E-state index in [-0.39, 0.29) is 4.90 Å². The highest BCUT2D eigenvalue weighted by atomic mass is 79.9. The average molecular weight is 429 g/mol. The zero-order valence-corrected chi connectivity index (χ0v) is 15.6. The first-order chi connectivity index (χ1) is 11.6. The van der Waals surface area contributed by atoms with E-state index in [4.69, 9.17) is 20.9 Å². The standard InChI is InChI=1S/C8H9BrN4O.C7H8O3S/c9-7-4-2-1-3-6(7)5-12-13(14)8(10)11;1-6-2-4-7(5-3-6)11(8,9)10/h1-5,14H,(H3,10,11);2-5H,1H3,(H,8,9,10). The molecule has 0 heterocycles. The number of nitrogens with one attached hydrogen (secondary N) is 1. The zero-order valence-electron chi connectivity index (χ0n) is 13.2. The van der Waals surface area contributed by atoms with Crippen LogP contribution in [0.2, 0.25) is 0 Å². The van der Waals surface area contributed by atoms with Gasteiger partial charge in [0.2, 0.25) is 5.96 Å². The fraction of sp³-hybridized carbons (Fsp3) is 0.0667. The maximum Gasteiger partial charge on any atom is 0.294 e. The summed E-state index contributed by atoms with van der Waals surface area (Å²) in [5, 5.41) is 19.6. The number of nitrogens with two attached hydrogens (primary N) is 1. The predicted molar refractivity (Wildman–Crippen MR) is 98.3 cm³/mol. The summed E-state index contributed by atoms with van der Waals surface area (Å²) in [6.07, 6.45) is 1.39. The quantitative estimate of drug-likeness (QED) is 0.256. The molecule has 0 saturated heterocycles. The molecule has 0 bridgehead atoms. The Labute approximate surface area is 153 Å². The largest absolute Gasteiger partial charge is 0.367 e. The first-order valence-electron chi connectivity index (χ1n) is 6.77. The number of guanidine groups is 1. The second-order valence-electron chi connectivity index (χ2n) is 4.73. The van der Waals surface area contributed by atoms with Gasteiger partial charge in [-0.1, -0.05) is 51.8 Å². The van der Waals surface area contributed by atoms with E-state index in [2.05, 4.69) is 21.0 Å². The molecule has 0 fully saturated rings. The Morgan fingerprint density at radius 1 is 1.24 bits per heavy atom. The molecule has 0 radical (unpaired) electrons. The molecule has 25 heavy (non-hydrogen) atoms. The van der Waals surface area contributed by atoms with Crippen LogP contribution >= 0.6 is 15.9 Å². The molecule has 2 rings (SSSR count). The molecule has 10 heteroatoms. The van der Waals surface area contributed by atoms with E-state index in [9.17, 15) is 8.42 Å². The lowest BCUT2D eigenvalue weighted by molar-refractivity contribution is -0.0139. The van der Waals surface area contributed by atoms with Crippen LogP contribution in [-0.4, -0.2) is 35.5 Å². The van der Waals surface area contributed by atoms with Gasteiger partial charge in [0.25, 0.3) is 10.1 Å². The highest BCUT2D eigenvalue weighted by molar-refractivity contribution is 9.10. The summed E-state index contributed by atoms with van der Waals surface area (Å²) >= 11 is 3.31. The molecular formula is C15H17BrN4O4S. The van der Waals surface area contributed by atoms with Gasteiger partial charge < -0.3 is 5.73 Å². The number of hydrogen-bond donors (Lipinski definition) is 4. The van der Waals surface area contributed by atoms with E-state index in [0.29, 0.717) is 5.17 Å². The predicted octanol–water partition coefficient (Wildman–Crippen LogP) is 2.61. The van der Waals surface area contributed by atoms with Crippen molar-refractivity contribution in [2.45, 2.75) is 11.8 Å². The van der Waals surface area contributed by atoms with Crippen molar-refractivity contribution in [1.29, 1.82) is 5.41 Å². The molecule has 0 saturated carbocycles. The molecule has 0 atom stereocenters. The number of aryl methyl sites for hydroxylation is 1. The smallest absolute Gasteiger partial charge is 0.294 e. The van der Waals surface area contributed by atoms with Crippen LogP contribution in [-0.2, 0) is 10.1 Å². The van der Waals surface area contributed by atoms with Crippen molar-refractivity contribution in [3.63, 3.8) is 0 Å². The molecule has 0 aliphatic rings. The maximum atomic E-state index is 10.5. The van der Waals surface area contributed by atoms with Crippen LogP contribution in [0.4, 0.5) is 0 Å². The molecule has 0 spiro atoms. The number of rotatable bonds is 3. The number of benzene rings is 2. The third-order valence-electron chi connectivity index (χ3n) is 2.75. The van der Waals surface area contributed by atoms with E-state index in [0.717, 1.165) is 15.6 Å². The third kappa shape index (κ3) is 7.44. The molecule has 0 amide bonds. The molecule has 0 aromatic heterocycles. The molecule has 0 unspecified atom stereocenters. The lowest BCUT2D eigenvalue weighted by Crippen LogP contribution is -2.28. The van der Waals surface area contributed by atoms with E-state index in [1.165, 1.54) is 18.3 Å². The minimum Gasteiger partial charge on any atom is -0.367 e. The van der Waals surface area contributed by atoms with E-state index in [1.807, 2.05) is 31.2 Å². The Morgan fingerprint density at radius 3 is 2.28 bits per heavy atom. The monoisotopic (exact) mass is 428 g/mol. The second kappa shape index (κ2) is 9.28. The number of halogens is 1. The number of hydrazone groups is 1. The highest BCUT2D eigenvalue weighted by Crippen LogP contribution is 2.13. The summed E-state index contributed by atoms with van der Waals surface area (Å²) < 4.78 is 30.4. The Kier molecular flexibility index (Phi) is 7.71. The lowest BCUT2D eigenvalue weighted by Gasteiger charge is -2.05. The number of nitrogens with zero attached hydrogens (tertiary/aromatic N) is 2. The summed E-state index contributed by atoms with van der Waals surface area (Å²) in [7, 11) is -4.02. The fourth-order valence-corrected chi connectivity index (χ4v) is 2.34. The van der Waals surface area contributed by atoms with E-state index < -0.39 is 16.1 Å². The van der Waals surface area contributed by atoms with Crippen molar-refractivity contribution in [2.75, 3.05) is 0 Å². The van der Waals surface area contributed by atoms with E-state index >= 15 is 0 Å². The van der Waals surface area contributed by atoms with Gasteiger partial charge in [0.15, 0.2) is 0 Å². The van der Waals surface area contributed by atoms with Gasteiger partial charge in [0.05, 0.1) is 11.1 Å². The van der Waals surface area contributed by atoms with Crippen molar-refractivity contribution in [3.8, 4) is 0 Å². The van der Waals surface area contributed by atoms with Crippen molar-refractivity contribution >= 4 is 38.2 Å². The minimum absolute atomic E-state index is 0.0666. The lowest BCUT2D eigenvalue weighted by atomic mass is 10.2. The number of hydroxylamine groups is 1. The number of hydrogen-bond acceptors (Lipinski definition) is 5.